The third-order valence-corrected chi connectivity index (χ3v) is 6.40. The van der Waals surface area contributed by atoms with Crippen LogP contribution in [0.4, 0.5) is 0 Å². The van der Waals surface area contributed by atoms with Crippen molar-refractivity contribution in [3.63, 3.8) is 0 Å². The van der Waals surface area contributed by atoms with Gasteiger partial charge in [-0.25, -0.2) is 0 Å². The summed E-state index contributed by atoms with van der Waals surface area (Å²) in [6.07, 6.45) is 1.38. The molecule has 0 bridgehead atoms. The second-order valence-corrected chi connectivity index (χ2v) is 9.13. The second kappa shape index (κ2) is 11.5. The molecule has 3 aromatic rings. The van der Waals surface area contributed by atoms with Gasteiger partial charge in [0.25, 0.3) is 10.1 Å². The first-order valence-corrected chi connectivity index (χ1v) is 12.0. The Kier molecular flexibility index (Phi) is 8.42. The largest absolute Gasteiger partial charge is 0.469 e. The Bertz CT molecular complexity index is 1250. The predicted molar refractivity (Wildman–Crippen MR) is 127 cm³/mol. The van der Waals surface area contributed by atoms with Gasteiger partial charge in [0.15, 0.2) is 0 Å². The van der Waals surface area contributed by atoms with Crippen molar-refractivity contribution in [3.05, 3.63) is 101 Å². The highest BCUT2D eigenvalue weighted by molar-refractivity contribution is 7.86. The van der Waals surface area contributed by atoms with Gasteiger partial charge >= 0.3 is 5.97 Å². The lowest BCUT2D eigenvalue weighted by atomic mass is 10.0. The van der Waals surface area contributed by atoms with Crippen molar-refractivity contribution in [2.75, 3.05) is 13.7 Å². The number of benzene rings is 3. The van der Waals surface area contributed by atoms with E-state index in [9.17, 15) is 13.2 Å². The summed E-state index contributed by atoms with van der Waals surface area (Å²) in [5.41, 5.74) is 4.61. The van der Waals surface area contributed by atoms with Gasteiger partial charge in [-0.2, -0.15) is 8.42 Å². The molecular weight excluding hydrogens is 436 g/mol. The van der Waals surface area contributed by atoms with E-state index in [4.69, 9.17) is 4.18 Å². The van der Waals surface area contributed by atoms with Crippen molar-refractivity contribution in [3.8, 4) is 11.8 Å². The van der Waals surface area contributed by atoms with Gasteiger partial charge in [-0.05, 0) is 61.2 Å². The molecule has 0 aromatic heterocycles. The minimum absolute atomic E-state index is 0.0315. The Morgan fingerprint density at radius 3 is 2.27 bits per heavy atom. The molecule has 0 heterocycles. The minimum Gasteiger partial charge on any atom is -0.469 e. The van der Waals surface area contributed by atoms with Crippen LogP contribution in [-0.2, 0) is 36.7 Å². The van der Waals surface area contributed by atoms with E-state index in [1.807, 2.05) is 55.5 Å². The van der Waals surface area contributed by atoms with Gasteiger partial charge in [0, 0.05) is 17.5 Å². The Hall–Kier alpha value is -3.40. The molecule has 0 aliphatic heterocycles. The first-order chi connectivity index (χ1) is 15.9. The van der Waals surface area contributed by atoms with E-state index in [0.29, 0.717) is 19.3 Å². The third kappa shape index (κ3) is 7.31. The van der Waals surface area contributed by atoms with E-state index in [2.05, 4.69) is 16.6 Å². The average molecular weight is 463 g/mol. The zero-order valence-electron chi connectivity index (χ0n) is 18.7. The quantitative estimate of drug-likeness (QED) is 0.281. The summed E-state index contributed by atoms with van der Waals surface area (Å²) >= 11 is 0. The van der Waals surface area contributed by atoms with Gasteiger partial charge in [-0.1, -0.05) is 59.9 Å². The molecule has 0 spiro atoms. The zero-order valence-corrected chi connectivity index (χ0v) is 19.5. The van der Waals surface area contributed by atoms with Crippen LogP contribution in [0.25, 0.3) is 0 Å². The average Bonchev–Trinajstić information content (AvgIpc) is 2.82. The molecule has 0 radical (unpaired) electrons. The summed E-state index contributed by atoms with van der Waals surface area (Å²) < 4.78 is 34.7. The lowest BCUT2D eigenvalue weighted by Crippen LogP contribution is -2.09. The Morgan fingerprint density at radius 2 is 1.58 bits per heavy atom. The highest BCUT2D eigenvalue weighted by Crippen LogP contribution is 2.15. The molecule has 5 nitrogen and oxygen atoms in total. The van der Waals surface area contributed by atoms with Gasteiger partial charge in [0.1, 0.15) is 0 Å². The van der Waals surface area contributed by atoms with Crippen LogP contribution >= 0.6 is 0 Å². The van der Waals surface area contributed by atoms with Gasteiger partial charge in [0.05, 0.1) is 18.6 Å². The van der Waals surface area contributed by atoms with Crippen molar-refractivity contribution < 1.29 is 22.1 Å². The van der Waals surface area contributed by atoms with Crippen LogP contribution in [0.15, 0.2) is 77.7 Å². The summed E-state index contributed by atoms with van der Waals surface area (Å²) in [7, 11) is -2.41. The predicted octanol–water partition coefficient (Wildman–Crippen LogP) is 4.45. The summed E-state index contributed by atoms with van der Waals surface area (Å²) in [4.78, 5) is 11.4. The monoisotopic (exact) mass is 462 g/mol. The van der Waals surface area contributed by atoms with Crippen molar-refractivity contribution >= 4 is 16.1 Å². The molecule has 0 atom stereocenters. The Labute approximate surface area is 195 Å². The standard InChI is InChI=1S/C27H26O5S/c1-21-7-16-26(17-8-21)33(29,30)32-20-19-25-6-4-3-5-24(25)15-13-22-9-11-23(12-10-22)14-18-27(28)31-2/h3-12,16-17H,14,18-20H2,1-2H3. The van der Waals surface area contributed by atoms with Crippen LogP contribution in [0.3, 0.4) is 0 Å². The number of hydrogen-bond acceptors (Lipinski definition) is 5. The normalized spacial score (nSPS) is 10.8. The lowest BCUT2D eigenvalue weighted by molar-refractivity contribution is -0.140. The number of esters is 1. The first kappa shape index (κ1) is 24.2. The topological polar surface area (TPSA) is 69.7 Å². The van der Waals surface area contributed by atoms with E-state index >= 15 is 0 Å². The number of methoxy groups -OCH3 is 1. The molecular formula is C27H26O5S. The molecule has 0 aliphatic rings. The van der Waals surface area contributed by atoms with E-state index < -0.39 is 10.1 Å². The number of carbonyl (C=O) groups excluding carboxylic acids is 1. The fourth-order valence-corrected chi connectivity index (χ4v) is 4.05. The summed E-state index contributed by atoms with van der Waals surface area (Å²) in [6, 6.07) is 21.9. The SMILES string of the molecule is COC(=O)CCc1ccc(C#Cc2ccccc2CCOS(=O)(=O)c2ccc(C)cc2)cc1. The highest BCUT2D eigenvalue weighted by Gasteiger charge is 2.15. The van der Waals surface area contributed by atoms with E-state index in [1.54, 1.807) is 24.3 Å². The number of aryl methyl sites for hydroxylation is 2. The van der Waals surface area contributed by atoms with E-state index in [0.717, 1.165) is 27.8 Å². The molecule has 6 heteroatoms. The smallest absolute Gasteiger partial charge is 0.305 e. The van der Waals surface area contributed by atoms with Crippen molar-refractivity contribution in [1.29, 1.82) is 0 Å². The van der Waals surface area contributed by atoms with Crippen molar-refractivity contribution in [2.24, 2.45) is 0 Å². The van der Waals surface area contributed by atoms with Crippen molar-refractivity contribution in [1.82, 2.24) is 0 Å². The van der Waals surface area contributed by atoms with Gasteiger partial charge in [-0.3, -0.25) is 8.98 Å². The number of ether oxygens (including phenoxy) is 1. The number of hydrogen-bond donors (Lipinski definition) is 0. The zero-order chi connectivity index (χ0) is 23.7. The van der Waals surface area contributed by atoms with Crippen LogP contribution in [0, 0.1) is 18.8 Å². The van der Waals surface area contributed by atoms with E-state index in [1.165, 1.54) is 7.11 Å². The maximum Gasteiger partial charge on any atom is 0.305 e. The third-order valence-electron chi connectivity index (χ3n) is 5.08. The molecule has 0 fully saturated rings. The molecule has 0 aliphatic carbocycles. The fourth-order valence-electron chi connectivity index (χ4n) is 3.14. The molecule has 3 aromatic carbocycles. The van der Waals surface area contributed by atoms with Crippen LogP contribution < -0.4 is 0 Å². The molecule has 0 unspecified atom stereocenters. The summed E-state index contributed by atoms with van der Waals surface area (Å²) in [6.45, 7) is 1.93. The number of carbonyl (C=O) groups is 1. The molecule has 0 amide bonds. The molecule has 3 rings (SSSR count). The maximum absolute atomic E-state index is 12.4. The van der Waals surface area contributed by atoms with Crippen molar-refractivity contribution in [2.45, 2.75) is 31.1 Å². The van der Waals surface area contributed by atoms with Crippen LogP contribution in [0.2, 0.25) is 0 Å². The van der Waals surface area contributed by atoms with Crippen LogP contribution in [0.1, 0.15) is 34.2 Å². The van der Waals surface area contributed by atoms with Gasteiger partial charge in [-0.15, -0.1) is 0 Å². The first-order valence-electron chi connectivity index (χ1n) is 10.6. The highest BCUT2D eigenvalue weighted by atomic mass is 32.2. The van der Waals surface area contributed by atoms with Gasteiger partial charge in [0.2, 0.25) is 0 Å². The van der Waals surface area contributed by atoms with E-state index in [-0.39, 0.29) is 17.5 Å². The maximum atomic E-state index is 12.4. The molecule has 0 saturated heterocycles. The Morgan fingerprint density at radius 1 is 0.879 bits per heavy atom. The summed E-state index contributed by atoms with van der Waals surface area (Å²) in [5, 5.41) is 0. The minimum atomic E-state index is -3.80. The molecule has 33 heavy (non-hydrogen) atoms. The fraction of sp³-hybridized carbons (Fsp3) is 0.222. The Balaban J connectivity index is 1.62. The van der Waals surface area contributed by atoms with Crippen LogP contribution in [0.5, 0.6) is 0 Å². The molecule has 170 valence electrons. The molecule has 0 saturated carbocycles. The summed E-state index contributed by atoms with van der Waals surface area (Å²) in [5.74, 6) is 6.08. The van der Waals surface area contributed by atoms with Crippen LogP contribution in [-0.4, -0.2) is 28.1 Å². The molecule has 0 N–H and O–H groups in total. The lowest BCUT2D eigenvalue weighted by Gasteiger charge is -2.07. The van der Waals surface area contributed by atoms with Gasteiger partial charge < -0.3 is 4.74 Å². The number of rotatable bonds is 8. The second-order valence-electron chi connectivity index (χ2n) is 7.52.